The quantitative estimate of drug-likeness (QED) is 0.112. The van der Waals surface area contributed by atoms with E-state index in [1.807, 2.05) is 0 Å². The second kappa shape index (κ2) is 25.2. The minimum atomic E-state index is -0.0498. The maximum Gasteiger partial charge on any atom is 0.305 e. The Morgan fingerprint density at radius 3 is 1.10 bits per heavy atom. The number of ether oxygens (including phenoxy) is 2. The molecule has 0 aromatic rings. The second-order valence-electron chi connectivity index (χ2n) is 8.95. The third-order valence-electron chi connectivity index (χ3n) is 5.78. The Morgan fingerprint density at radius 2 is 0.710 bits per heavy atom. The van der Waals surface area contributed by atoms with Gasteiger partial charge in [-0.15, -0.1) is 0 Å². The summed E-state index contributed by atoms with van der Waals surface area (Å²) in [5.74, 6) is -0.0903. The van der Waals surface area contributed by atoms with Crippen molar-refractivity contribution in [2.45, 2.75) is 149 Å². The summed E-state index contributed by atoms with van der Waals surface area (Å²) in [4.78, 5) is 23.4. The summed E-state index contributed by atoms with van der Waals surface area (Å²) in [7, 11) is 0. The summed E-state index contributed by atoms with van der Waals surface area (Å²) in [6, 6.07) is 0. The van der Waals surface area contributed by atoms with Crippen molar-refractivity contribution in [3.8, 4) is 0 Å². The van der Waals surface area contributed by atoms with Crippen LogP contribution in [0.25, 0.3) is 0 Å². The van der Waals surface area contributed by atoms with E-state index >= 15 is 0 Å². The lowest BCUT2D eigenvalue weighted by Crippen LogP contribution is -2.06. The molecule has 0 aliphatic heterocycles. The van der Waals surface area contributed by atoms with Gasteiger partial charge >= 0.3 is 11.9 Å². The molecule has 0 spiro atoms. The molecule has 0 atom stereocenters. The first-order chi connectivity index (χ1) is 15.2. The zero-order chi connectivity index (χ0) is 22.8. The zero-order valence-corrected chi connectivity index (χ0v) is 20.9. The fourth-order valence-electron chi connectivity index (χ4n) is 3.70. The molecular formula is C27H52O4. The highest BCUT2D eigenvalue weighted by molar-refractivity contribution is 5.69. The normalized spacial score (nSPS) is 10.9. The molecule has 0 fully saturated rings. The number of carbonyl (C=O) groups excluding carboxylic acids is 2. The molecule has 0 unspecified atom stereocenters. The first-order valence-electron chi connectivity index (χ1n) is 13.5. The van der Waals surface area contributed by atoms with Crippen LogP contribution >= 0.6 is 0 Å². The van der Waals surface area contributed by atoms with E-state index in [0.29, 0.717) is 26.1 Å². The molecule has 0 saturated carbocycles. The molecule has 4 heteroatoms. The van der Waals surface area contributed by atoms with Gasteiger partial charge in [-0.2, -0.15) is 0 Å². The second-order valence-corrected chi connectivity index (χ2v) is 8.95. The topological polar surface area (TPSA) is 52.6 Å². The Bertz CT molecular complexity index is 395. The van der Waals surface area contributed by atoms with Crippen LogP contribution < -0.4 is 0 Å². The van der Waals surface area contributed by atoms with Crippen LogP contribution in [0.1, 0.15) is 149 Å². The van der Waals surface area contributed by atoms with Gasteiger partial charge in [0.2, 0.25) is 0 Å². The van der Waals surface area contributed by atoms with Crippen LogP contribution in [0.5, 0.6) is 0 Å². The van der Waals surface area contributed by atoms with Gasteiger partial charge in [0.25, 0.3) is 0 Å². The van der Waals surface area contributed by atoms with Gasteiger partial charge in [0, 0.05) is 12.8 Å². The highest BCUT2D eigenvalue weighted by Crippen LogP contribution is 2.11. The smallest absolute Gasteiger partial charge is 0.305 e. The molecule has 184 valence electrons. The number of rotatable bonds is 24. The summed E-state index contributed by atoms with van der Waals surface area (Å²) >= 11 is 0. The fourth-order valence-corrected chi connectivity index (χ4v) is 3.70. The van der Waals surface area contributed by atoms with Crippen LogP contribution in [0.3, 0.4) is 0 Å². The van der Waals surface area contributed by atoms with Crippen LogP contribution in [0.2, 0.25) is 0 Å². The molecule has 31 heavy (non-hydrogen) atoms. The largest absolute Gasteiger partial charge is 0.466 e. The van der Waals surface area contributed by atoms with Gasteiger partial charge in [0.05, 0.1) is 13.2 Å². The van der Waals surface area contributed by atoms with Crippen molar-refractivity contribution in [1.29, 1.82) is 0 Å². The molecule has 4 nitrogen and oxygen atoms in total. The summed E-state index contributed by atoms with van der Waals surface area (Å²) in [5, 5.41) is 0. The Balaban J connectivity index is 3.24. The zero-order valence-electron chi connectivity index (χ0n) is 20.9. The Hall–Kier alpha value is -1.06. The van der Waals surface area contributed by atoms with E-state index in [9.17, 15) is 9.59 Å². The van der Waals surface area contributed by atoms with Gasteiger partial charge in [0.1, 0.15) is 0 Å². The maximum absolute atomic E-state index is 11.8. The van der Waals surface area contributed by atoms with E-state index in [4.69, 9.17) is 9.47 Å². The SMILES string of the molecule is CCCCCCCCCCCOC(=O)CCCCCCCCC(=O)OCCCCCC. The number of hydrogen-bond donors (Lipinski definition) is 0. The van der Waals surface area contributed by atoms with Gasteiger partial charge in [-0.25, -0.2) is 0 Å². The van der Waals surface area contributed by atoms with E-state index < -0.39 is 0 Å². The van der Waals surface area contributed by atoms with Crippen molar-refractivity contribution in [1.82, 2.24) is 0 Å². The molecule has 0 rings (SSSR count). The third kappa shape index (κ3) is 25.1. The van der Waals surface area contributed by atoms with E-state index in [-0.39, 0.29) is 11.9 Å². The van der Waals surface area contributed by atoms with Crippen LogP contribution in [-0.2, 0) is 19.1 Å². The van der Waals surface area contributed by atoms with E-state index in [1.54, 1.807) is 0 Å². The molecule has 0 aliphatic carbocycles. The fraction of sp³-hybridized carbons (Fsp3) is 0.926. The number of esters is 2. The highest BCUT2D eigenvalue weighted by atomic mass is 16.5. The van der Waals surface area contributed by atoms with Crippen molar-refractivity contribution in [3.63, 3.8) is 0 Å². The number of hydrogen-bond acceptors (Lipinski definition) is 4. The monoisotopic (exact) mass is 440 g/mol. The van der Waals surface area contributed by atoms with Crippen LogP contribution in [0.4, 0.5) is 0 Å². The molecule has 0 N–H and O–H groups in total. The highest BCUT2D eigenvalue weighted by Gasteiger charge is 2.04. The standard InChI is InChI=1S/C27H52O4/c1-3-5-7-9-10-11-14-17-21-25-31-27(29)23-19-16-13-12-15-18-22-26(28)30-24-20-8-6-4-2/h3-25H2,1-2H3. The molecule has 0 aliphatic rings. The maximum atomic E-state index is 11.8. The Kier molecular flexibility index (Phi) is 24.3. The average Bonchev–Trinajstić information content (AvgIpc) is 2.76. The van der Waals surface area contributed by atoms with Crippen molar-refractivity contribution in [2.24, 2.45) is 0 Å². The Morgan fingerprint density at radius 1 is 0.419 bits per heavy atom. The minimum Gasteiger partial charge on any atom is -0.466 e. The van der Waals surface area contributed by atoms with E-state index in [2.05, 4.69) is 13.8 Å². The van der Waals surface area contributed by atoms with Gasteiger partial charge < -0.3 is 9.47 Å². The van der Waals surface area contributed by atoms with Gasteiger partial charge in [-0.1, -0.05) is 110 Å². The summed E-state index contributed by atoms with van der Waals surface area (Å²) in [5.41, 5.74) is 0. The first-order valence-corrected chi connectivity index (χ1v) is 13.5. The lowest BCUT2D eigenvalue weighted by Gasteiger charge is -2.06. The molecular weight excluding hydrogens is 388 g/mol. The lowest BCUT2D eigenvalue weighted by molar-refractivity contribution is -0.144. The van der Waals surface area contributed by atoms with Gasteiger partial charge in [-0.3, -0.25) is 9.59 Å². The van der Waals surface area contributed by atoms with Crippen molar-refractivity contribution < 1.29 is 19.1 Å². The summed E-state index contributed by atoms with van der Waals surface area (Å²) in [6.45, 7) is 5.59. The van der Waals surface area contributed by atoms with Crippen LogP contribution in [0.15, 0.2) is 0 Å². The molecule has 0 aromatic heterocycles. The van der Waals surface area contributed by atoms with Crippen molar-refractivity contribution in [3.05, 3.63) is 0 Å². The summed E-state index contributed by atoms with van der Waals surface area (Å²) in [6.07, 6.45) is 23.4. The molecule has 0 aromatic carbocycles. The van der Waals surface area contributed by atoms with Gasteiger partial charge in [0.15, 0.2) is 0 Å². The number of unbranched alkanes of at least 4 members (excludes halogenated alkanes) is 16. The van der Waals surface area contributed by atoms with E-state index in [1.165, 1.54) is 64.2 Å². The molecule has 0 saturated heterocycles. The van der Waals surface area contributed by atoms with Crippen molar-refractivity contribution in [2.75, 3.05) is 13.2 Å². The minimum absolute atomic E-state index is 0.0405. The van der Waals surface area contributed by atoms with Gasteiger partial charge in [-0.05, 0) is 25.7 Å². The number of carbonyl (C=O) groups is 2. The van der Waals surface area contributed by atoms with Crippen LogP contribution in [0, 0.1) is 0 Å². The van der Waals surface area contributed by atoms with E-state index in [0.717, 1.165) is 57.8 Å². The predicted octanol–water partition coefficient (Wildman–Crippen LogP) is 8.30. The predicted molar refractivity (Wildman–Crippen MR) is 130 cm³/mol. The molecule has 0 heterocycles. The molecule has 0 radical (unpaired) electrons. The van der Waals surface area contributed by atoms with Crippen LogP contribution in [-0.4, -0.2) is 25.2 Å². The lowest BCUT2D eigenvalue weighted by atomic mass is 10.1. The first kappa shape index (κ1) is 29.9. The summed E-state index contributed by atoms with van der Waals surface area (Å²) < 4.78 is 10.6. The Labute approximate surface area is 193 Å². The molecule has 0 amide bonds. The third-order valence-corrected chi connectivity index (χ3v) is 5.78. The van der Waals surface area contributed by atoms with Crippen molar-refractivity contribution >= 4 is 11.9 Å². The molecule has 0 bridgehead atoms. The average molecular weight is 441 g/mol.